The number of rotatable bonds is 4. The molecule has 0 aromatic heterocycles. The van der Waals surface area contributed by atoms with Crippen LogP contribution in [0, 0.1) is 5.92 Å². The topological polar surface area (TPSA) is 66.5 Å². The van der Waals surface area contributed by atoms with Crippen LogP contribution in [-0.2, 0) is 9.84 Å². The maximum atomic E-state index is 12.5. The molecule has 0 aliphatic carbocycles. The third kappa shape index (κ3) is 3.43. The number of sulfone groups is 1. The van der Waals surface area contributed by atoms with Gasteiger partial charge >= 0.3 is 0 Å². The molecular formula is C16H22N2O3S. The second kappa shape index (κ2) is 6.28. The van der Waals surface area contributed by atoms with E-state index in [1.54, 1.807) is 0 Å². The molecule has 3 rings (SSSR count). The minimum Gasteiger partial charge on any atom is -0.371 e. The molecule has 1 aromatic carbocycles. The molecule has 0 saturated carbocycles. The van der Waals surface area contributed by atoms with Gasteiger partial charge in [0.25, 0.3) is 5.91 Å². The molecule has 1 N–H and O–H groups in total. The van der Waals surface area contributed by atoms with E-state index in [1.165, 1.54) is 0 Å². The number of carbonyl (C=O) groups is 1. The molecular weight excluding hydrogens is 300 g/mol. The van der Waals surface area contributed by atoms with Gasteiger partial charge in [0.15, 0.2) is 9.84 Å². The van der Waals surface area contributed by atoms with Gasteiger partial charge in [-0.25, -0.2) is 8.42 Å². The molecule has 2 aliphatic heterocycles. The predicted octanol–water partition coefficient (Wildman–Crippen LogP) is 1.45. The Morgan fingerprint density at radius 2 is 1.95 bits per heavy atom. The number of carbonyl (C=O) groups excluding carboxylic acids is 1. The van der Waals surface area contributed by atoms with Crippen molar-refractivity contribution in [2.75, 3.05) is 36.0 Å². The van der Waals surface area contributed by atoms with Gasteiger partial charge in [0, 0.05) is 25.3 Å². The van der Waals surface area contributed by atoms with Crippen LogP contribution in [0.15, 0.2) is 24.3 Å². The van der Waals surface area contributed by atoms with Crippen molar-refractivity contribution in [3.8, 4) is 0 Å². The van der Waals surface area contributed by atoms with Gasteiger partial charge in [-0.3, -0.25) is 4.79 Å². The van der Waals surface area contributed by atoms with Crippen LogP contribution >= 0.6 is 0 Å². The zero-order valence-electron chi connectivity index (χ0n) is 12.6. The fourth-order valence-corrected chi connectivity index (χ4v) is 5.13. The molecule has 1 aromatic rings. The highest BCUT2D eigenvalue weighted by Crippen LogP contribution is 2.24. The molecule has 0 spiro atoms. The van der Waals surface area contributed by atoms with Crippen LogP contribution in [0.4, 0.5) is 5.69 Å². The van der Waals surface area contributed by atoms with Gasteiger partial charge in [-0.1, -0.05) is 12.1 Å². The molecule has 6 heteroatoms. The lowest BCUT2D eigenvalue weighted by molar-refractivity contribution is 0.0949. The van der Waals surface area contributed by atoms with Gasteiger partial charge in [-0.2, -0.15) is 0 Å². The summed E-state index contributed by atoms with van der Waals surface area (Å²) in [6, 6.07) is 7.65. The lowest BCUT2D eigenvalue weighted by atomic mass is 10.1. The molecule has 1 amide bonds. The Kier molecular flexibility index (Phi) is 4.38. The van der Waals surface area contributed by atoms with E-state index < -0.39 is 9.84 Å². The molecule has 2 heterocycles. The van der Waals surface area contributed by atoms with E-state index in [2.05, 4.69) is 10.2 Å². The predicted molar refractivity (Wildman–Crippen MR) is 87.0 cm³/mol. The molecule has 0 radical (unpaired) electrons. The molecule has 0 bridgehead atoms. The Morgan fingerprint density at radius 3 is 2.64 bits per heavy atom. The summed E-state index contributed by atoms with van der Waals surface area (Å²) < 4.78 is 22.9. The standard InChI is InChI=1S/C16H22N2O3S/c19-16(17-11-13-7-10-22(20,21)12-13)14-5-1-2-6-15(14)18-8-3-4-9-18/h1-2,5-6,13H,3-4,7-12H2,(H,17,19). The third-order valence-electron chi connectivity index (χ3n) is 4.47. The van der Waals surface area contributed by atoms with E-state index in [9.17, 15) is 13.2 Å². The minimum atomic E-state index is -2.89. The average Bonchev–Trinajstić information content (AvgIpc) is 3.14. The first-order valence-electron chi connectivity index (χ1n) is 7.88. The largest absolute Gasteiger partial charge is 0.371 e. The molecule has 2 fully saturated rings. The average molecular weight is 322 g/mol. The monoisotopic (exact) mass is 322 g/mol. The van der Waals surface area contributed by atoms with Crippen LogP contribution in [-0.4, -0.2) is 45.5 Å². The van der Waals surface area contributed by atoms with Gasteiger partial charge in [-0.05, 0) is 37.3 Å². The Labute approximate surface area is 131 Å². The fraction of sp³-hybridized carbons (Fsp3) is 0.562. The van der Waals surface area contributed by atoms with Crippen molar-refractivity contribution in [3.63, 3.8) is 0 Å². The number of anilines is 1. The first-order chi connectivity index (χ1) is 10.6. The van der Waals surface area contributed by atoms with Crippen LogP contribution < -0.4 is 10.2 Å². The van der Waals surface area contributed by atoms with Crippen molar-refractivity contribution in [3.05, 3.63) is 29.8 Å². The molecule has 5 nitrogen and oxygen atoms in total. The summed E-state index contributed by atoms with van der Waals surface area (Å²) in [5.74, 6) is 0.388. The first kappa shape index (κ1) is 15.3. The summed E-state index contributed by atoms with van der Waals surface area (Å²) in [5, 5.41) is 2.91. The Morgan fingerprint density at radius 1 is 1.23 bits per heavy atom. The summed E-state index contributed by atoms with van der Waals surface area (Å²) in [4.78, 5) is 14.7. The maximum absolute atomic E-state index is 12.5. The van der Waals surface area contributed by atoms with E-state index in [0.29, 0.717) is 18.5 Å². The van der Waals surface area contributed by atoms with Gasteiger partial charge in [0.1, 0.15) is 0 Å². The molecule has 2 saturated heterocycles. The van der Waals surface area contributed by atoms with Crippen molar-refractivity contribution in [2.24, 2.45) is 5.92 Å². The molecule has 1 unspecified atom stereocenters. The summed E-state index contributed by atoms with van der Waals surface area (Å²) in [5.41, 5.74) is 1.67. The smallest absolute Gasteiger partial charge is 0.253 e. The SMILES string of the molecule is O=C(NCC1CCS(=O)(=O)C1)c1ccccc1N1CCCC1. The number of nitrogens with zero attached hydrogens (tertiary/aromatic N) is 1. The normalized spacial score (nSPS) is 23.6. The van der Waals surface area contributed by atoms with Gasteiger partial charge in [0.2, 0.25) is 0 Å². The summed E-state index contributed by atoms with van der Waals surface area (Å²) in [6.07, 6.45) is 2.97. The van der Waals surface area contributed by atoms with Crippen LogP contribution in [0.3, 0.4) is 0 Å². The highest BCUT2D eigenvalue weighted by atomic mass is 32.2. The number of amides is 1. The summed E-state index contributed by atoms with van der Waals surface area (Å²) in [6.45, 7) is 2.42. The second-order valence-electron chi connectivity index (χ2n) is 6.19. The highest BCUT2D eigenvalue weighted by molar-refractivity contribution is 7.91. The first-order valence-corrected chi connectivity index (χ1v) is 9.70. The van der Waals surface area contributed by atoms with E-state index in [-0.39, 0.29) is 23.3 Å². The van der Waals surface area contributed by atoms with Gasteiger partial charge in [-0.15, -0.1) is 0 Å². The van der Waals surface area contributed by atoms with Crippen molar-refractivity contribution < 1.29 is 13.2 Å². The zero-order chi connectivity index (χ0) is 15.6. The quantitative estimate of drug-likeness (QED) is 0.911. The van der Waals surface area contributed by atoms with Gasteiger partial charge < -0.3 is 10.2 Å². The number of hydrogen-bond acceptors (Lipinski definition) is 4. The van der Waals surface area contributed by atoms with Crippen molar-refractivity contribution in [1.29, 1.82) is 0 Å². The summed E-state index contributed by atoms with van der Waals surface area (Å²) >= 11 is 0. The Balaban J connectivity index is 1.65. The van der Waals surface area contributed by atoms with Crippen LogP contribution in [0.2, 0.25) is 0 Å². The number of nitrogens with one attached hydrogen (secondary N) is 1. The number of para-hydroxylation sites is 1. The molecule has 120 valence electrons. The van der Waals surface area contributed by atoms with Crippen LogP contribution in [0.25, 0.3) is 0 Å². The maximum Gasteiger partial charge on any atom is 0.253 e. The van der Waals surface area contributed by atoms with Crippen molar-refractivity contribution in [2.45, 2.75) is 19.3 Å². The van der Waals surface area contributed by atoms with E-state index >= 15 is 0 Å². The lowest BCUT2D eigenvalue weighted by Gasteiger charge is -2.21. The highest BCUT2D eigenvalue weighted by Gasteiger charge is 2.28. The molecule has 1 atom stereocenters. The zero-order valence-corrected chi connectivity index (χ0v) is 13.4. The lowest BCUT2D eigenvalue weighted by Crippen LogP contribution is -2.31. The van der Waals surface area contributed by atoms with E-state index in [1.807, 2.05) is 24.3 Å². The molecule has 2 aliphatic rings. The Bertz CT molecular complexity index is 651. The van der Waals surface area contributed by atoms with Crippen LogP contribution in [0.1, 0.15) is 29.6 Å². The minimum absolute atomic E-state index is 0.0490. The Hall–Kier alpha value is -1.56. The summed E-state index contributed by atoms with van der Waals surface area (Å²) in [7, 11) is -2.89. The van der Waals surface area contributed by atoms with E-state index in [4.69, 9.17) is 0 Å². The van der Waals surface area contributed by atoms with Crippen LogP contribution in [0.5, 0.6) is 0 Å². The number of hydrogen-bond donors (Lipinski definition) is 1. The number of benzene rings is 1. The fourth-order valence-electron chi connectivity index (χ4n) is 3.26. The van der Waals surface area contributed by atoms with E-state index in [0.717, 1.165) is 31.6 Å². The second-order valence-corrected chi connectivity index (χ2v) is 8.42. The molecule has 22 heavy (non-hydrogen) atoms. The van der Waals surface area contributed by atoms with Crippen molar-refractivity contribution >= 4 is 21.4 Å². The van der Waals surface area contributed by atoms with Gasteiger partial charge in [0.05, 0.1) is 17.1 Å². The van der Waals surface area contributed by atoms with Crippen molar-refractivity contribution in [1.82, 2.24) is 5.32 Å². The third-order valence-corrected chi connectivity index (χ3v) is 6.31.